The number of hydrogen-bond donors (Lipinski definition) is 1. The molecule has 2 amide bonds. The lowest BCUT2D eigenvalue weighted by Gasteiger charge is -2.33. The maximum Gasteiger partial charge on any atom is 0.225 e. The van der Waals surface area contributed by atoms with Crippen molar-refractivity contribution in [2.24, 2.45) is 11.8 Å². The van der Waals surface area contributed by atoms with E-state index in [4.69, 9.17) is 0 Å². The molecule has 2 aliphatic rings. The Kier molecular flexibility index (Phi) is 5.31. The van der Waals surface area contributed by atoms with E-state index in [0.717, 1.165) is 44.3 Å². The molecule has 1 heterocycles. The second kappa shape index (κ2) is 7.62. The number of piperidine rings is 1. The van der Waals surface area contributed by atoms with E-state index < -0.39 is 0 Å². The van der Waals surface area contributed by atoms with Crippen LogP contribution in [-0.4, -0.2) is 29.8 Å². The second-order valence-electron chi connectivity index (χ2n) is 6.78. The third-order valence-electron chi connectivity index (χ3n) is 5.19. The van der Waals surface area contributed by atoms with Gasteiger partial charge in [0.2, 0.25) is 11.8 Å². The Hall–Kier alpha value is -1.84. The van der Waals surface area contributed by atoms with Crippen molar-refractivity contribution in [2.75, 3.05) is 13.1 Å². The Bertz CT molecular complexity index is 530. The first-order chi connectivity index (χ1) is 11.2. The van der Waals surface area contributed by atoms with Crippen molar-refractivity contribution in [3.8, 4) is 0 Å². The molecule has 4 heteroatoms. The highest BCUT2D eigenvalue weighted by atomic mass is 16.2. The summed E-state index contributed by atoms with van der Waals surface area (Å²) >= 11 is 0. The van der Waals surface area contributed by atoms with Gasteiger partial charge in [-0.15, -0.1) is 0 Å². The van der Waals surface area contributed by atoms with Gasteiger partial charge >= 0.3 is 0 Å². The zero-order valence-electron chi connectivity index (χ0n) is 13.7. The lowest BCUT2D eigenvalue weighted by molar-refractivity contribution is -0.139. The SMILES string of the molecule is O=C(NCc1ccccc1)C1CCN(C(=O)C2CCCC2)CC1. The lowest BCUT2D eigenvalue weighted by atomic mass is 9.94. The van der Waals surface area contributed by atoms with Crippen LogP contribution in [0.4, 0.5) is 0 Å². The minimum atomic E-state index is 0.0475. The number of benzene rings is 1. The highest BCUT2D eigenvalue weighted by molar-refractivity contribution is 5.81. The van der Waals surface area contributed by atoms with Crippen LogP contribution in [0.15, 0.2) is 30.3 Å². The van der Waals surface area contributed by atoms with E-state index in [-0.39, 0.29) is 17.7 Å². The molecule has 1 aliphatic carbocycles. The summed E-state index contributed by atoms with van der Waals surface area (Å²) in [7, 11) is 0. The first kappa shape index (κ1) is 16.0. The average Bonchev–Trinajstić information content (AvgIpc) is 3.15. The normalized spacial score (nSPS) is 19.7. The Labute approximate surface area is 138 Å². The Balaban J connectivity index is 1.43. The molecule has 124 valence electrons. The van der Waals surface area contributed by atoms with Gasteiger partial charge in [0, 0.05) is 31.5 Å². The number of nitrogens with zero attached hydrogens (tertiary/aromatic N) is 1. The Morgan fingerprint density at radius 2 is 1.61 bits per heavy atom. The molecule has 0 atom stereocenters. The molecular weight excluding hydrogens is 288 g/mol. The molecule has 2 fully saturated rings. The molecule has 0 radical (unpaired) electrons. The maximum absolute atomic E-state index is 12.4. The number of carbonyl (C=O) groups is 2. The van der Waals surface area contributed by atoms with Crippen molar-refractivity contribution in [1.82, 2.24) is 10.2 Å². The number of carbonyl (C=O) groups excluding carboxylic acids is 2. The number of nitrogens with one attached hydrogen (secondary N) is 1. The molecule has 1 saturated heterocycles. The molecule has 1 N–H and O–H groups in total. The van der Waals surface area contributed by atoms with Crippen LogP contribution in [0.5, 0.6) is 0 Å². The van der Waals surface area contributed by atoms with Gasteiger partial charge in [-0.25, -0.2) is 0 Å². The molecule has 1 aromatic carbocycles. The Morgan fingerprint density at radius 3 is 2.26 bits per heavy atom. The maximum atomic E-state index is 12.4. The first-order valence-corrected chi connectivity index (χ1v) is 8.84. The summed E-state index contributed by atoms with van der Waals surface area (Å²) in [5.74, 6) is 0.747. The van der Waals surface area contributed by atoms with Crippen LogP contribution in [0.1, 0.15) is 44.1 Å². The third-order valence-corrected chi connectivity index (χ3v) is 5.19. The Morgan fingerprint density at radius 1 is 0.957 bits per heavy atom. The van der Waals surface area contributed by atoms with Gasteiger partial charge < -0.3 is 10.2 Å². The fraction of sp³-hybridized carbons (Fsp3) is 0.579. The predicted molar refractivity (Wildman–Crippen MR) is 89.6 cm³/mol. The van der Waals surface area contributed by atoms with Crippen molar-refractivity contribution in [3.63, 3.8) is 0 Å². The van der Waals surface area contributed by atoms with E-state index in [9.17, 15) is 9.59 Å². The smallest absolute Gasteiger partial charge is 0.225 e. The highest BCUT2D eigenvalue weighted by Gasteiger charge is 2.31. The van der Waals surface area contributed by atoms with Crippen LogP contribution in [0.25, 0.3) is 0 Å². The van der Waals surface area contributed by atoms with Crippen LogP contribution >= 0.6 is 0 Å². The van der Waals surface area contributed by atoms with Gasteiger partial charge in [0.05, 0.1) is 0 Å². The molecule has 0 aromatic heterocycles. The van der Waals surface area contributed by atoms with E-state index in [1.165, 1.54) is 12.8 Å². The second-order valence-corrected chi connectivity index (χ2v) is 6.78. The molecule has 0 spiro atoms. The van der Waals surface area contributed by atoms with Crippen LogP contribution < -0.4 is 5.32 Å². The molecule has 4 nitrogen and oxygen atoms in total. The molecule has 3 rings (SSSR count). The van der Waals surface area contributed by atoms with Gasteiger partial charge in [-0.1, -0.05) is 43.2 Å². The van der Waals surface area contributed by atoms with Crippen LogP contribution in [0.3, 0.4) is 0 Å². The van der Waals surface area contributed by atoms with Gasteiger partial charge in [0.1, 0.15) is 0 Å². The zero-order chi connectivity index (χ0) is 16.1. The van der Waals surface area contributed by atoms with Crippen LogP contribution in [0, 0.1) is 11.8 Å². The van der Waals surface area contributed by atoms with E-state index >= 15 is 0 Å². The molecular formula is C19H26N2O2. The number of hydrogen-bond acceptors (Lipinski definition) is 2. The van der Waals surface area contributed by atoms with Crippen LogP contribution in [0.2, 0.25) is 0 Å². The summed E-state index contributed by atoms with van der Waals surface area (Å²) in [5, 5.41) is 3.03. The molecule has 0 unspecified atom stereocenters. The predicted octanol–water partition coefficient (Wildman–Crippen LogP) is 2.73. The summed E-state index contributed by atoms with van der Waals surface area (Å²) in [6, 6.07) is 9.97. The molecule has 1 aliphatic heterocycles. The summed E-state index contributed by atoms with van der Waals surface area (Å²) < 4.78 is 0. The van der Waals surface area contributed by atoms with Gasteiger partial charge in [0.25, 0.3) is 0 Å². The molecule has 1 aromatic rings. The number of rotatable bonds is 4. The monoisotopic (exact) mass is 314 g/mol. The van der Waals surface area contributed by atoms with Gasteiger partial charge in [-0.3, -0.25) is 9.59 Å². The lowest BCUT2D eigenvalue weighted by Crippen LogP contribution is -2.44. The standard InChI is InChI=1S/C19H26N2O2/c22-18(20-14-15-6-2-1-3-7-15)16-10-12-21(13-11-16)19(23)17-8-4-5-9-17/h1-3,6-7,16-17H,4-5,8-14H2,(H,20,22). The minimum absolute atomic E-state index is 0.0475. The summed E-state index contributed by atoms with van der Waals surface area (Å²) in [6.07, 6.45) is 6.06. The fourth-order valence-electron chi connectivity index (χ4n) is 3.72. The topological polar surface area (TPSA) is 49.4 Å². The van der Waals surface area contributed by atoms with Crippen LogP contribution in [-0.2, 0) is 16.1 Å². The molecule has 23 heavy (non-hydrogen) atoms. The first-order valence-electron chi connectivity index (χ1n) is 8.84. The van der Waals surface area contributed by atoms with E-state index in [1.54, 1.807) is 0 Å². The van der Waals surface area contributed by atoms with Gasteiger partial charge in [0.15, 0.2) is 0 Å². The molecule has 0 bridgehead atoms. The van der Waals surface area contributed by atoms with Gasteiger partial charge in [-0.05, 0) is 31.2 Å². The highest BCUT2D eigenvalue weighted by Crippen LogP contribution is 2.28. The van der Waals surface area contributed by atoms with Gasteiger partial charge in [-0.2, -0.15) is 0 Å². The van der Waals surface area contributed by atoms with Crippen molar-refractivity contribution >= 4 is 11.8 Å². The fourth-order valence-corrected chi connectivity index (χ4v) is 3.72. The minimum Gasteiger partial charge on any atom is -0.352 e. The van der Waals surface area contributed by atoms with E-state index in [2.05, 4.69) is 5.32 Å². The number of likely N-dealkylation sites (tertiary alicyclic amines) is 1. The average molecular weight is 314 g/mol. The van der Waals surface area contributed by atoms with Crippen molar-refractivity contribution in [1.29, 1.82) is 0 Å². The van der Waals surface area contributed by atoms with Crippen molar-refractivity contribution in [2.45, 2.75) is 45.1 Å². The summed E-state index contributed by atoms with van der Waals surface area (Å²) in [4.78, 5) is 26.7. The zero-order valence-corrected chi connectivity index (χ0v) is 13.7. The van der Waals surface area contributed by atoms with E-state index in [0.29, 0.717) is 12.5 Å². The summed E-state index contributed by atoms with van der Waals surface area (Å²) in [6.45, 7) is 2.05. The van der Waals surface area contributed by atoms with E-state index in [1.807, 2.05) is 35.2 Å². The molecule has 1 saturated carbocycles. The number of amides is 2. The largest absolute Gasteiger partial charge is 0.352 e. The summed E-state index contributed by atoms with van der Waals surface area (Å²) in [5.41, 5.74) is 1.12. The third kappa shape index (κ3) is 4.12. The quantitative estimate of drug-likeness (QED) is 0.929. The van der Waals surface area contributed by atoms with Crippen molar-refractivity contribution < 1.29 is 9.59 Å². The van der Waals surface area contributed by atoms with Crippen molar-refractivity contribution in [3.05, 3.63) is 35.9 Å².